The number of hydrogen-bond acceptors (Lipinski definition) is 2. The summed E-state index contributed by atoms with van der Waals surface area (Å²) in [6.07, 6.45) is 1.75. The van der Waals surface area contributed by atoms with Crippen LogP contribution in [0.2, 0.25) is 0 Å². The highest BCUT2D eigenvalue weighted by atomic mass is 35.5. The van der Waals surface area contributed by atoms with Gasteiger partial charge in [-0.25, -0.2) is 4.39 Å². The summed E-state index contributed by atoms with van der Waals surface area (Å²) in [5.41, 5.74) is 13.3. The molecule has 0 saturated heterocycles. The zero-order valence-corrected chi connectivity index (χ0v) is 9.69. The summed E-state index contributed by atoms with van der Waals surface area (Å²) < 4.78 is 12.8. The van der Waals surface area contributed by atoms with Crippen LogP contribution < -0.4 is 11.5 Å². The second kappa shape index (κ2) is 6.77. The Balaban J connectivity index is 0.00000196. The molecule has 0 aliphatic heterocycles. The molecule has 0 spiro atoms. The van der Waals surface area contributed by atoms with E-state index in [0.29, 0.717) is 6.54 Å². The van der Waals surface area contributed by atoms with Crippen LogP contribution in [0.3, 0.4) is 0 Å². The molecule has 1 aromatic carbocycles. The lowest BCUT2D eigenvalue weighted by atomic mass is 9.98. The minimum absolute atomic E-state index is 0. The van der Waals surface area contributed by atoms with Crippen LogP contribution in [0.15, 0.2) is 18.2 Å². The molecule has 15 heavy (non-hydrogen) atoms. The third kappa shape index (κ3) is 4.16. The van der Waals surface area contributed by atoms with E-state index in [1.54, 1.807) is 6.07 Å². The lowest BCUT2D eigenvalue weighted by Gasteiger charge is -2.14. The van der Waals surface area contributed by atoms with Crippen molar-refractivity contribution in [3.8, 4) is 0 Å². The fraction of sp³-hybridized carbons (Fsp3) is 0.455. The highest BCUT2D eigenvalue weighted by Crippen LogP contribution is 2.20. The summed E-state index contributed by atoms with van der Waals surface area (Å²) in [7, 11) is 0. The van der Waals surface area contributed by atoms with Crippen LogP contribution in [0.5, 0.6) is 0 Å². The highest BCUT2D eigenvalue weighted by Gasteiger charge is 2.08. The van der Waals surface area contributed by atoms with E-state index in [4.69, 9.17) is 11.5 Å². The minimum Gasteiger partial charge on any atom is -0.330 e. The molecule has 1 atom stereocenters. The van der Waals surface area contributed by atoms with E-state index >= 15 is 0 Å². The molecule has 1 aromatic rings. The molecule has 2 nitrogen and oxygen atoms in total. The van der Waals surface area contributed by atoms with Crippen molar-refractivity contribution in [2.45, 2.75) is 25.8 Å². The van der Waals surface area contributed by atoms with Crippen molar-refractivity contribution < 1.29 is 4.39 Å². The molecule has 0 heterocycles. The zero-order valence-electron chi connectivity index (χ0n) is 8.87. The SMILES string of the molecule is Cc1cc(F)ccc1[C@H](N)CCCN.Cl. The predicted molar refractivity (Wildman–Crippen MR) is 63.6 cm³/mol. The second-order valence-electron chi connectivity index (χ2n) is 3.54. The maximum Gasteiger partial charge on any atom is 0.123 e. The van der Waals surface area contributed by atoms with E-state index < -0.39 is 0 Å². The van der Waals surface area contributed by atoms with Gasteiger partial charge in [0.25, 0.3) is 0 Å². The predicted octanol–water partition coefficient (Wildman–Crippen LogP) is 2.29. The molecule has 0 amide bonds. The lowest BCUT2D eigenvalue weighted by Crippen LogP contribution is -2.13. The van der Waals surface area contributed by atoms with Crippen LogP contribution in [0.1, 0.15) is 30.0 Å². The van der Waals surface area contributed by atoms with Gasteiger partial charge in [-0.2, -0.15) is 0 Å². The van der Waals surface area contributed by atoms with Crippen LogP contribution >= 0.6 is 12.4 Å². The van der Waals surface area contributed by atoms with Gasteiger partial charge in [-0.1, -0.05) is 6.07 Å². The highest BCUT2D eigenvalue weighted by molar-refractivity contribution is 5.85. The zero-order chi connectivity index (χ0) is 10.6. The van der Waals surface area contributed by atoms with Gasteiger partial charge >= 0.3 is 0 Å². The summed E-state index contributed by atoms with van der Waals surface area (Å²) in [6.45, 7) is 2.52. The second-order valence-corrected chi connectivity index (χ2v) is 3.54. The van der Waals surface area contributed by atoms with E-state index in [1.165, 1.54) is 12.1 Å². The molecule has 0 radical (unpaired) electrons. The topological polar surface area (TPSA) is 52.0 Å². The summed E-state index contributed by atoms with van der Waals surface area (Å²) in [5, 5.41) is 0. The van der Waals surface area contributed by atoms with Gasteiger partial charge < -0.3 is 11.5 Å². The van der Waals surface area contributed by atoms with Crippen molar-refractivity contribution in [3.05, 3.63) is 35.1 Å². The third-order valence-electron chi connectivity index (χ3n) is 2.35. The van der Waals surface area contributed by atoms with Gasteiger partial charge in [0.05, 0.1) is 0 Å². The van der Waals surface area contributed by atoms with Crippen molar-refractivity contribution in [2.24, 2.45) is 11.5 Å². The molecular formula is C11H18ClFN2. The van der Waals surface area contributed by atoms with Crippen molar-refractivity contribution in [1.29, 1.82) is 0 Å². The molecule has 0 aliphatic carbocycles. The Morgan fingerprint density at radius 1 is 1.40 bits per heavy atom. The number of hydrogen-bond donors (Lipinski definition) is 2. The Labute approximate surface area is 96.3 Å². The van der Waals surface area contributed by atoms with Gasteiger partial charge in [-0.05, 0) is 49.6 Å². The molecule has 4 heteroatoms. The van der Waals surface area contributed by atoms with Gasteiger partial charge in [0.2, 0.25) is 0 Å². The van der Waals surface area contributed by atoms with E-state index in [0.717, 1.165) is 24.0 Å². The van der Waals surface area contributed by atoms with Gasteiger partial charge in [0.1, 0.15) is 5.82 Å². The fourth-order valence-corrected chi connectivity index (χ4v) is 1.55. The summed E-state index contributed by atoms with van der Waals surface area (Å²) >= 11 is 0. The standard InChI is InChI=1S/C11H17FN2.ClH/c1-8-7-9(12)4-5-10(8)11(14)3-2-6-13;/h4-5,7,11H,2-3,6,13-14H2,1H3;1H/t11-;/m1./s1. The Kier molecular flexibility index (Phi) is 6.48. The summed E-state index contributed by atoms with van der Waals surface area (Å²) in [6, 6.07) is 4.69. The number of rotatable bonds is 4. The van der Waals surface area contributed by atoms with Crippen molar-refractivity contribution in [1.82, 2.24) is 0 Å². The quantitative estimate of drug-likeness (QED) is 0.837. The van der Waals surface area contributed by atoms with Gasteiger partial charge in [0.15, 0.2) is 0 Å². The van der Waals surface area contributed by atoms with Gasteiger partial charge in [-0.3, -0.25) is 0 Å². The Hall–Kier alpha value is -0.640. The number of nitrogens with two attached hydrogens (primary N) is 2. The van der Waals surface area contributed by atoms with Crippen molar-refractivity contribution in [2.75, 3.05) is 6.54 Å². The minimum atomic E-state index is -0.211. The summed E-state index contributed by atoms with van der Waals surface area (Å²) in [4.78, 5) is 0. The maximum atomic E-state index is 12.8. The van der Waals surface area contributed by atoms with Crippen LogP contribution in [0.4, 0.5) is 4.39 Å². The Morgan fingerprint density at radius 3 is 2.60 bits per heavy atom. The normalized spacial score (nSPS) is 12.0. The molecule has 1 rings (SSSR count). The smallest absolute Gasteiger partial charge is 0.123 e. The first-order valence-corrected chi connectivity index (χ1v) is 4.87. The Bertz CT molecular complexity index is 305. The molecule has 4 N–H and O–H groups in total. The molecule has 86 valence electrons. The average Bonchev–Trinajstić information content (AvgIpc) is 2.14. The van der Waals surface area contributed by atoms with Gasteiger partial charge in [0, 0.05) is 6.04 Å². The largest absolute Gasteiger partial charge is 0.330 e. The van der Waals surface area contributed by atoms with E-state index in [1.807, 2.05) is 6.92 Å². The van der Waals surface area contributed by atoms with Gasteiger partial charge in [-0.15, -0.1) is 12.4 Å². The van der Waals surface area contributed by atoms with Crippen molar-refractivity contribution >= 4 is 12.4 Å². The first-order valence-electron chi connectivity index (χ1n) is 4.87. The molecule has 0 bridgehead atoms. The number of halogens is 2. The monoisotopic (exact) mass is 232 g/mol. The summed E-state index contributed by atoms with van der Waals surface area (Å²) in [5.74, 6) is -0.211. The van der Waals surface area contributed by atoms with E-state index in [2.05, 4.69) is 0 Å². The van der Waals surface area contributed by atoms with E-state index in [9.17, 15) is 4.39 Å². The average molecular weight is 233 g/mol. The van der Waals surface area contributed by atoms with E-state index in [-0.39, 0.29) is 24.3 Å². The molecule has 0 aromatic heterocycles. The van der Waals surface area contributed by atoms with Crippen LogP contribution in [0, 0.1) is 12.7 Å². The lowest BCUT2D eigenvalue weighted by molar-refractivity contribution is 0.603. The molecule has 0 fully saturated rings. The van der Waals surface area contributed by atoms with Crippen LogP contribution in [0.25, 0.3) is 0 Å². The number of aryl methyl sites for hydroxylation is 1. The van der Waals surface area contributed by atoms with Crippen LogP contribution in [-0.2, 0) is 0 Å². The Morgan fingerprint density at radius 2 is 2.07 bits per heavy atom. The molecule has 0 unspecified atom stereocenters. The van der Waals surface area contributed by atoms with Crippen molar-refractivity contribution in [3.63, 3.8) is 0 Å². The molecule has 0 aliphatic rings. The number of benzene rings is 1. The fourth-order valence-electron chi connectivity index (χ4n) is 1.55. The molecular weight excluding hydrogens is 215 g/mol. The van der Waals surface area contributed by atoms with Crippen LogP contribution in [-0.4, -0.2) is 6.54 Å². The first kappa shape index (κ1) is 14.4. The maximum absolute atomic E-state index is 12.8. The third-order valence-corrected chi connectivity index (χ3v) is 2.35. The molecule has 0 saturated carbocycles. The first-order chi connectivity index (χ1) is 6.65.